The number of esters is 3. The molecule has 0 amide bonds. The van der Waals surface area contributed by atoms with Crippen LogP contribution in [0.1, 0.15) is 20.8 Å². The van der Waals surface area contributed by atoms with Crippen molar-refractivity contribution < 1.29 is 41.6 Å². The van der Waals surface area contributed by atoms with Crippen LogP contribution < -0.4 is 0 Å². The van der Waals surface area contributed by atoms with Crippen LogP contribution >= 0.6 is 0 Å². The number of carbonyl (C=O) groups excluding carboxylic acids is 3. The Morgan fingerprint density at radius 2 is 1.32 bits per heavy atom. The third-order valence-corrected chi connectivity index (χ3v) is 2.99. The van der Waals surface area contributed by atoms with Crippen LogP contribution in [0.2, 0.25) is 0 Å². The number of hydrogen-bond donors (Lipinski definition) is 1. The summed E-state index contributed by atoms with van der Waals surface area (Å²) < 4.78 is 44.1. The van der Waals surface area contributed by atoms with Crippen molar-refractivity contribution in [1.82, 2.24) is 0 Å². The maximum atomic E-state index is 12.1. The van der Waals surface area contributed by atoms with Gasteiger partial charge >= 0.3 is 79.4 Å². The second-order valence-corrected chi connectivity index (χ2v) is 6.80. The van der Waals surface area contributed by atoms with E-state index in [1.54, 1.807) is 0 Å². The van der Waals surface area contributed by atoms with E-state index in [4.69, 9.17) is 14.0 Å². The molecule has 0 saturated carbocycles. The number of rotatable bonds is 9. The Hall–Kier alpha value is -0.564. The number of carbonyl (C=O) groups is 3. The fraction of sp³-hybridized carbons (Fsp3) is 0.500. The molecule has 0 aliphatic carbocycles. The van der Waals surface area contributed by atoms with Crippen molar-refractivity contribution >= 4 is 79.4 Å². The molecule has 0 bridgehead atoms. The van der Waals surface area contributed by atoms with E-state index in [9.17, 15) is 22.8 Å². The van der Waals surface area contributed by atoms with E-state index < -0.39 is 52.6 Å². The van der Waals surface area contributed by atoms with E-state index >= 15 is 0 Å². The molecule has 0 aromatic carbocycles. The van der Waals surface area contributed by atoms with E-state index in [1.165, 1.54) is 20.8 Å². The summed E-state index contributed by atoms with van der Waals surface area (Å²) in [6.07, 6.45) is 0. The zero-order valence-corrected chi connectivity index (χ0v) is 14.5. The first-order chi connectivity index (χ1) is 10.8. The topological polar surface area (TPSA) is 133 Å². The maximum absolute atomic E-state index is 12.1. The first-order valence-corrected chi connectivity index (χ1v) is 8.17. The molecule has 138 valence electrons. The van der Waals surface area contributed by atoms with Gasteiger partial charge in [0.15, 0.2) is 0 Å². The normalized spacial score (nSPS) is 10.9. The van der Waals surface area contributed by atoms with Crippen LogP contribution in [0.5, 0.6) is 0 Å². The summed E-state index contributed by atoms with van der Waals surface area (Å²) >= 11 is 0. The Labute approximate surface area is 188 Å². The van der Waals surface area contributed by atoms with Crippen molar-refractivity contribution in [2.75, 3.05) is 19.2 Å². The van der Waals surface area contributed by atoms with E-state index in [0.717, 1.165) is 0 Å². The van der Waals surface area contributed by atoms with Gasteiger partial charge in [0.1, 0.15) is 18.6 Å². The van der Waals surface area contributed by atoms with Crippen molar-refractivity contribution in [3.63, 3.8) is 0 Å². The predicted octanol–water partition coefficient (Wildman–Crippen LogP) is -0.0287. The molecule has 0 aromatic heterocycles. The van der Waals surface area contributed by atoms with Gasteiger partial charge in [-0.15, -0.1) is 0 Å². The van der Waals surface area contributed by atoms with Gasteiger partial charge in [-0.3, -0.25) is 9.35 Å². The van der Waals surface area contributed by atoms with Gasteiger partial charge in [-0.25, -0.2) is 9.59 Å². The molecule has 0 fully saturated rings. The Balaban J connectivity index is 0. The minimum absolute atomic E-state index is 0. The fourth-order valence-corrected chi connectivity index (χ4v) is 1.41. The van der Waals surface area contributed by atoms with Crippen molar-refractivity contribution in [2.24, 2.45) is 5.41 Å². The van der Waals surface area contributed by atoms with Gasteiger partial charge in [0, 0.05) is 11.1 Å². The molecule has 0 aromatic rings. The number of hydrogen-bond acceptors (Lipinski definition) is 8. The van der Waals surface area contributed by atoms with Crippen LogP contribution in [0.4, 0.5) is 0 Å². The van der Waals surface area contributed by atoms with Crippen LogP contribution in [0, 0.1) is 5.41 Å². The Kier molecular flexibility index (Phi) is 12.0. The molecular formula is C14H21KO9S. The third-order valence-electron chi connectivity index (χ3n) is 2.57. The van der Waals surface area contributed by atoms with Gasteiger partial charge in [-0.05, 0) is 20.8 Å². The van der Waals surface area contributed by atoms with Gasteiger partial charge in [-0.2, -0.15) is 8.42 Å². The third kappa shape index (κ3) is 10.9. The summed E-state index contributed by atoms with van der Waals surface area (Å²) in [7, 11) is -4.56. The molecule has 0 rings (SSSR count). The standard InChI is InChI=1S/C14H20O9S.K.H/c1-9(2)11(15)21-6-14(5,7-22-12(16)10(3)4)13(17)23-8-24(18,19)20;;/h1,3,6-8H2,2,4-5H3,(H,18,19,20);;. The second-order valence-electron chi connectivity index (χ2n) is 5.41. The average Bonchev–Trinajstić information content (AvgIpc) is 2.46. The molecule has 0 aliphatic rings. The summed E-state index contributed by atoms with van der Waals surface area (Å²) in [5.74, 6) is -4.03. The van der Waals surface area contributed by atoms with Gasteiger partial charge < -0.3 is 14.2 Å². The molecule has 9 nitrogen and oxygen atoms in total. The first kappa shape index (κ1) is 26.7. The van der Waals surface area contributed by atoms with Crippen molar-refractivity contribution in [3.05, 3.63) is 24.3 Å². The molecule has 1 N–H and O–H groups in total. The molecular weight excluding hydrogens is 383 g/mol. The Morgan fingerprint density at radius 3 is 1.60 bits per heavy atom. The van der Waals surface area contributed by atoms with Crippen LogP contribution in [0.25, 0.3) is 0 Å². The van der Waals surface area contributed by atoms with Crippen LogP contribution in [0.15, 0.2) is 24.3 Å². The van der Waals surface area contributed by atoms with E-state index in [0.29, 0.717) is 0 Å². The fourth-order valence-electron chi connectivity index (χ4n) is 1.16. The molecule has 11 heteroatoms. The van der Waals surface area contributed by atoms with Crippen molar-refractivity contribution in [3.8, 4) is 0 Å². The monoisotopic (exact) mass is 404 g/mol. The minimum atomic E-state index is -4.56. The van der Waals surface area contributed by atoms with Gasteiger partial charge in [0.2, 0.25) is 5.94 Å². The molecule has 0 aliphatic heterocycles. The second kappa shape index (κ2) is 11.2. The van der Waals surface area contributed by atoms with Crippen molar-refractivity contribution in [2.45, 2.75) is 20.8 Å². The molecule has 0 radical (unpaired) electrons. The van der Waals surface area contributed by atoms with Crippen LogP contribution in [-0.2, 0) is 38.7 Å². The SMILES string of the molecule is C=C(C)C(=O)OCC(C)(COC(=O)C(=C)C)C(=O)OCS(=O)(=O)O.[KH]. The molecule has 0 spiro atoms. The summed E-state index contributed by atoms with van der Waals surface area (Å²) in [5.41, 5.74) is -1.55. The quantitative estimate of drug-likeness (QED) is 0.185. The summed E-state index contributed by atoms with van der Waals surface area (Å²) in [5, 5.41) is 0. The zero-order chi connectivity index (χ0) is 19.1. The van der Waals surface area contributed by atoms with Gasteiger partial charge in [-0.1, -0.05) is 13.2 Å². The molecule has 0 atom stereocenters. The van der Waals surface area contributed by atoms with E-state index in [2.05, 4.69) is 17.9 Å². The van der Waals surface area contributed by atoms with Gasteiger partial charge in [0.25, 0.3) is 0 Å². The summed E-state index contributed by atoms with van der Waals surface area (Å²) in [6, 6.07) is 0. The van der Waals surface area contributed by atoms with E-state index in [1.807, 2.05) is 0 Å². The molecule has 0 unspecified atom stereocenters. The van der Waals surface area contributed by atoms with Gasteiger partial charge in [0.05, 0.1) is 0 Å². The Bertz CT molecular complexity index is 621. The predicted molar refractivity (Wildman–Crippen MR) is 89.3 cm³/mol. The Morgan fingerprint density at radius 1 is 0.960 bits per heavy atom. The zero-order valence-electron chi connectivity index (χ0n) is 13.7. The van der Waals surface area contributed by atoms with Crippen LogP contribution in [0.3, 0.4) is 0 Å². The van der Waals surface area contributed by atoms with Crippen LogP contribution in [-0.4, -0.2) is 101 Å². The van der Waals surface area contributed by atoms with Crippen molar-refractivity contribution in [1.29, 1.82) is 0 Å². The van der Waals surface area contributed by atoms with E-state index in [-0.39, 0.29) is 62.5 Å². The summed E-state index contributed by atoms with van der Waals surface area (Å²) in [4.78, 5) is 34.9. The number of ether oxygens (including phenoxy) is 3. The molecule has 25 heavy (non-hydrogen) atoms. The molecule has 0 heterocycles. The molecule has 0 saturated heterocycles. The average molecular weight is 404 g/mol. The first-order valence-electron chi connectivity index (χ1n) is 6.56. The summed E-state index contributed by atoms with van der Waals surface area (Å²) in [6.45, 7) is 9.61.